The van der Waals surface area contributed by atoms with Gasteiger partial charge in [0.2, 0.25) is 0 Å². The summed E-state index contributed by atoms with van der Waals surface area (Å²) in [5.41, 5.74) is 21.8. The lowest BCUT2D eigenvalue weighted by Crippen LogP contribution is -2.50. The van der Waals surface area contributed by atoms with Crippen molar-refractivity contribution in [2.75, 3.05) is 4.90 Å². The Morgan fingerprint density at radius 2 is 0.662 bits per heavy atom. The van der Waals surface area contributed by atoms with E-state index in [9.17, 15) is 0 Å². The first-order valence-electron chi connectivity index (χ1n) is 23.0. The summed E-state index contributed by atoms with van der Waals surface area (Å²) in [4.78, 5) is 2.66. The van der Waals surface area contributed by atoms with E-state index >= 15 is 0 Å². The first-order valence-corrected chi connectivity index (χ1v) is 23.0. The molecule has 0 spiro atoms. The highest BCUT2D eigenvalue weighted by atomic mass is 15.2. The fraction of sp³-hybridized carbons (Fsp3) is 0. The van der Waals surface area contributed by atoms with Crippen molar-refractivity contribution in [3.63, 3.8) is 0 Å². The van der Waals surface area contributed by atoms with Crippen LogP contribution < -0.4 is 48.6 Å². The summed E-state index contributed by atoms with van der Waals surface area (Å²) >= 11 is 0. The summed E-state index contributed by atoms with van der Waals surface area (Å²) in [5.74, 6) is 0. The zero-order valence-electron chi connectivity index (χ0n) is 38.7. The number of hydrogen-bond donors (Lipinski definition) is 0. The van der Waals surface area contributed by atoms with E-state index in [1.54, 1.807) is 0 Å². The maximum absolute atomic E-state index is 2.66. The van der Waals surface area contributed by atoms with E-state index in [-0.39, 0.29) is 0 Å². The first kappa shape index (κ1) is 40.8. The molecule has 1 nitrogen and oxygen atoms in total. The molecule has 0 atom stereocenters. The summed E-state index contributed by atoms with van der Waals surface area (Å²) in [6.07, 6.45) is 0. The summed E-state index contributed by atoms with van der Waals surface area (Å²) in [5, 5.41) is 12.7. The topological polar surface area (TPSA) is 3.24 Å². The summed E-state index contributed by atoms with van der Waals surface area (Å²) < 4.78 is 0. The highest BCUT2D eigenvalue weighted by molar-refractivity contribution is 6.66. The number of anilines is 3. The molecule has 11 aromatic carbocycles. The fourth-order valence-corrected chi connectivity index (χ4v) is 11.4. The van der Waals surface area contributed by atoms with Crippen LogP contribution in [0.3, 0.4) is 0 Å². The number of fused-ring (bicyclic) bond motifs is 7. The highest BCUT2D eigenvalue weighted by Crippen LogP contribution is 2.45. The minimum Gasteiger partial charge on any atom is -0.312 e. The number of rotatable bonds is 6. The molecule has 0 heterocycles. The van der Waals surface area contributed by atoms with Crippen LogP contribution in [0.4, 0.5) is 17.1 Å². The lowest BCUT2D eigenvalue weighted by atomic mass is 9.62. The SMILES string of the molecule is Bc1c(B)c(N(c2c(B)c(B)c(-c3c(-c4ccccc4)c4ccccc4c4ccccc34)c(B)c2B)c2cc3ccccc3c3ccccc23)c(B)c(B)c1-c1cccc2ccccc12. The lowest BCUT2D eigenvalue weighted by molar-refractivity contribution is 1.36. The third-order valence-electron chi connectivity index (χ3n) is 14.9. The van der Waals surface area contributed by atoms with Gasteiger partial charge in [-0.05, 0) is 87.9 Å². The van der Waals surface area contributed by atoms with Crippen molar-refractivity contribution in [2.24, 2.45) is 0 Å². The van der Waals surface area contributed by atoms with Crippen molar-refractivity contribution < 1.29 is 0 Å². The third kappa shape index (κ3) is 6.27. The van der Waals surface area contributed by atoms with Gasteiger partial charge in [-0.15, -0.1) is 0 Å². The van der Waals surface area contributed by atoms with Gasteiger partial charge in [0.1, 0.15) is 62.8 Å². The molecular weight excluding hydrogens is 773 g/mol. The van der Waals surface area contributed by atoms with Crippen LogP contribution in [0.25, 0.3) is 87.2 Å². The van der Waals surface area contributed by atoms with Crippen LogP contribution in [0.1, 0.15) is 0 Å². The van der Waals surface area contributed by atoms with Gasteiger partial charge in [-0.3, -0.25) is 0 Å². The average molecular weight is 818 g/mol. The van der Waals surface area contributed by atoms with Crippen LogP contribution in [0.15, 0.2) is 176 Å². The van der Waals surface area contributed by atoms with Crippen molar-refractivity contribution in [1.29, 1.82) is 0 Å². The maximum atomic E-state index is 2.66. The highest BCUT2D eigenvalue weighted by Gasteiger charge is 2.30. The van der Waals surface area contributed by atoms with E-state index in [0.29, 0.717) is 0 Å². The number of benzene rings is 11. The Balaban J connectivity index is 1.26. The molecular formula is C56H45B8N. The van der Waals surface area contributed by atoms with Crippen molar-refractivity contribution in [2.45, 2.75) is 0 Å². The molecule has 0 unspecified atom stereocenters. The van der Waals surface area contributed by atoms with E-state index in [1.165, 1.54) is 148 Å². The second-order valence-corrected chi connectivity index (χ2v) is 18.2. The Bertz CT molecular complexity index is 3710. The minimum atomic E-state index is 1.20. The monoisotopic (exact) mass is 819 g/mol. The van der Waals surface area contributed by atoms with Crippen molar-refractivity contribution in [1.82, 2.24) is 0 Å². The van der Waals surface area contributed by atoms with Crippen LogP contribution >= 0.6 is 0 Å². The van der Waals surface area contributed by atoms with Gasteiger partial charge in [-0.1, -0.05) is 214 Å². The zero-order valence-corrected chi connectivity index (χ0v) is 38.7. The molecule has 0 saturated heterocycles. The summed E-state index contributed by atoms with van der Waals surface area (Å²) in [6, 6.07) is 65.0. The van der Waals surface area contributed by atoms with Crippen LogP contribution in [-0.4, -0.2) is 62.8 Å². The predicted octanol–water partition coefficient (Wildman–Crippen LogP) is 1.99. The summed E-state index contributed by atoms with van der Waals surface area (Å²) in [7, 11) is 18.9. The second kappa shape index (κ2) is 15.9. The first-order chi connectivity index (χ1) is 31.7. The van der Waals surface area contributed by atoms with Crippen LogP contribution in [0, 0.1) is 0 Å². The van der Waals surface area contributed by atoms with Crippen molar-refractivity contribution >= 4 is 177 Å². The quantitative estimate of drug-likeness (QED) is 0.184. The van der Waals surface area contributed by atoms with E-state index in [2.05, 4.69) is 244 Å². The molecule has 0 aliphatic carbocycles. The molecule has 65 heavy (non-hydrogen) atoms. The molecule has 0 radical (unpaired) electrons. The second-order valence-electron chi connectivity index (χ2n) is 18.2. The number of hydrogen-bond acceptors (Lipinski definition) is 1. The van der Waals surface area contributed by atoms with E-state index in [0.717, 1.165) is 0 Å². The lowest BCUT2D eigenvalue weighted by Gasteiger charge is -2.37. The van der Waals surface area contributed by atoms with Crippen LogP contribution in [0.5, 0.6) is 0 Å². The van der Waals surface area contributed by atoms with Crippen LogP contribution in [-0.2, 0) is 0 Å². The van der Waals surface area contributed by atoms with Gasteiger partial charge in [0.15, 0.2) is 0 Å². The van der Waals surface area contributed by atoms with Crippen LogP contribution in [0.2, 0.25) is 0 Å². The Hall–Kier alpha value is -6.96. The molecule has 0 amide bonds. The van der Waals surface area contributed by atoms with Gasteiger partial charge in [0, 0.05) is 16.8 Å². The Morgan fingerprint density at radius 3 is 1.23 bits per heavy atom. The molecule has 298 valence electrons. The molecule has 0 aliphatic heterocycles. The Morgan fingerprint density at radius 1 is 0.262 bits per heavy atom. The smallest absolute Gasteiger partial charge is 0.141 e. The van der Waals surface area contributed by atoms with E-state index < -0.39 is 0 Å². The largest absolute Gasteiger partial charge is 0.312 e. The Kier molecular flexibility index (Phi) is 10.00. The van der Waals surface area contributed by atoms with E-state index in [4.69, 9.17) is 0 Å². The van der Waals surface area contributed by atoms with Gasteiger partial charge in [-0.25, -0.2) is 0 Å². The average Bonchev–Trinajstić information content (AvgIpc) is 3.35. The van der Waals surface area contributed by atoms with Gasteiger partial charge in [-0.2, -0.15) is 0 Å². The molecule has 11 rings (SSSR count). The molecule has 0 N–H and O–H groups in total. The predicted molar refractivity (Wildman–Crippen MR) is 310 cm³/mol. The molecule has 0 bridgehead atoms. The van der Waals surface area contributed by atoms with E-state index in [1.807, 2.05) is 0 Å². The normalized spacial score (nSPS) is 11.6. The number of nitrogens with zero attached hydrogens (tertiary/aromatic N) is 1. The zero-order chi connectivity index (χ0) is 44.7. The summed E-state index contributed by atoms with van der Waals surface area (Å²) in [6.45, 7) is 0. The molecule has 9 heteroatoms. The molecule has 0 aliphatic rings. The Labute approximate surface area is 389 Å². The van der Waals surface area contributed by atoms with Gasteiger partial charge in [0.05, 0.1) is 5.69 Å². The van der Waals surface area contributed by atoms with Crippen molar-refractivity contribution in [3.05, 3.63) is 176 Å². The third-order valence-corrected chi connectivity index (χ3v) is 14.9. The molecule has 0 fully saturated rings. The molecule has 0 aromatic heterocycles. The van der Waals surface area contributed by atoms with Gasteiger partial charge >= 0.3 is 0 Å². The molecule has 0 saturated carbocycles. The van der Waals surface area contributed by atoms with Gasteiger partial charge < -0.3 is 4.90 Å². The molecule has 11 aromatic rings. The standard InChI is InChI=1S/C56H45B8N/c57-47-45(39-28-14-19-30-15-4-6-20-33(30)39)48(58)52(62)55(51(47)61)65(42-29-32-18-5-7-21-34(32)35-22-8-11-25-38(35)42)56-53(63)49(59)46(50(60)54(56)64)44-41-27-13-10-24-37(41)36-23-9-12-26-40(36)43(44)31-16-2-1-3-17-31/h1-29H,57-64H2. The fourth-order valence-electron chi connectivity index (χ4n) is 11.4. The van der Waals surface area contributed by atoms with Gasteiger partial charge in [0.25, 0.3) is 0 Å². The minimum absolute atomic E-state index is 1.20. The van der Waals surface area contributed by atoms with Crippen molar-refractivity contribution in [3.8, 4) is 33.4 Å². The maximum Gasteiger partial charge on any atom is 0.141 e.